The third kappa shape index (κ3) is 5.10. The van der Waals surface area contributed by atoms with E-state index in [1.807, 2.05) is 13.8 Å². The van der Waals surface area contributed by atoms with Crippen molar-refractivity contribution in [2.24, 2.45) is 0 Å². The molecule has 1 fully saturated rings. The molecule has 1 unspecified atom stereocenters. The van der Waals surface area contributed by atoms with Crippen molar-refractivity contribution in [3.63, 3.8) is 0 Å². The fourth-order valence-electron chi connectivity index (χ4n) is 1.36. The van der Waals surface area contributed by atoms with E-state index in [0.717, 1.165) is 22.8 Å². The zero-order chi connectivity index (χ0) is 14.3. The zero-order valence-electron chi connectivity index (χ0n) is 11.6. The average molecular weight is 304 g/mol. The van der Waals surface area contributed by atoms with Crippen LogP contribution in [0.3, 0.4) is 0 Å². The Balaban J connectivity index is 2.84. The van der Waals surface area contributed by atoms with Gasteiger partial charge in [-0.1, -0.05) is 20.8 Å². The van der Waals surface area contributed by atoms with Crippen molar-refractivity contribution >= 4 is 35.5 Å². The predicted molar refractivity (Wildman–Crippen MR) is 79.0 cm³/mol. The molecule has 0 N–H and O–H groups in total. The number of esters is 2. The third-order valence-corrected chi connectivity index (χ3v) is 5.22. The van der Waals surface area contributed by atoms with Gasteiger partial charge in [-0.3, -0.25) is 0 Å². The summed E-state index contributed by atoms with van der Waals surface area (Å²) in [5.41, 5.74) is 0.0706. The summed E-state index contributed by atoms with van der Waals surface area (Å²) in [4.78, 5) is 24.0. The third-order valence-electron chi connectivity index (χ3n) is 2.24. The molecule has 0 spiro atoms. The molecule has 0 aromatic heterocycles. The van der Waals surface area contributed by atoms with Gasteiger partial charge in [0.15, 0.2) is 5.57 Å². The topological polar surface area (TPSA) is 52.6 Å². The number of ether oxygens (including phenoxy) is 2. The van der Waals surface area contributed by atoms with E-state index in [4.69, 9.17) is 9.47 Å². The molecule has 0 radical (unpaired) electrons. The maximum Gasteiger partial charge on any atom is 0.347 e. The zero-order valence-corrected chi connectivity index (χ0v) is 13.2. The van der Waals surface area contributed by atoms with Gasteiger partial charge in [-0.15, -0.1) is 23.5 Å². The first-order chi connectivity index (χ1) is 9.10. The Kier molecular flexibility index (Phi) is 7.38. The molecular formula is C13H20O4S2. The maximum atomic E-state index is 12.0. The molecule has 1 aliphatic heterocycles. The second kappa shape index (κ2) is 8.53. The van der Waals surface area contributed by atoms with Crippen molar-refractivity contribution in [1.82, 2.24) is 0 Å². The molecule has 1 heterocycles. The van der Waals surface area contributed by atoms with Crippen LogP contribution in [-0.4, -0.2) is 36.2 Å². The summed E-state index contributed by atoms with van der Waals surface area (Å²) in [5.74, 6) is -0.231. The van der Waals surface area contributed by atoms with Crippen LogP contribution >= 0.6 is 23.5 Å². The summed E-state index contributed by atoms with van der Waals surface area (Å²) in [7, 11) is 0. The van der Waals surface area contributed by atoms with E-state index in [2.05, 4.69) is 6.92 Å². The van der Waals surface area contributed by atoms with Crippen molar-refractivity contribution in [2.75, 3.05) is 19.0 Å². The van der Waals surface area contributed by atoms with Crippen LogP contribution < -0.4 is 0 Å². The lowest BCUT2D eigenvalue weighted by molar-refractivity contribution is -0.147. The molecule has 1 rings (SSSR count). The van der Waals surface area contributed by atoms with Crippen molar-refractivity contribution in [1.29, 1.82) is 0 Å². The number of hydrogen-bond donors (Lipinski definition) is 0. The Hall–Kier alpha value is -0.620. The summed E-state index contributed by atoms with van der Waals surface area (Å²) in [5, 5.41) is 0.396. The Bertz CT molecular complexity index is 344. The van der Waals surface area contributed by atoms with Gasteiger partial charge in [0.05, 0.1) is 17.5 Å². The first kappa shape index (κ1) is 16.4. The van der Waals surface area contributed by atoms with E-state index >= 15 is 0 Å². The second-order valence-corrected chi connectivity index (χ2v) is 6.91. The second-order valence-electron chi connectivity index (χ2n) is 4.17. The molecule has 0 saturated carbocycles. The van der Waals surface area contributed by atoms with Gasteiger partial charge in [0, 0.05) is 11.0 Å². The fraction of sp³-hybridized carbons (Fsp3) is 0.692. The van der Waals surface area contributed by atoms with E-state index < -0.39 is 11.9 Å². The highest BCUT2D eigenvalue weighted by molar-refractivity contribution is 8.25. The molecule has 19 heavy (non-hydrogen) atoms. The van der Waals surface area contributed by atoms with Gasteiger partial charge in [-0.05, 0) is 12.8 Å². The van der Waals surface area contributed by atoms with Gasteiger partial charge >= 0.3 is 11.9 Å². The molecule has 0 aromatic carbocycles. The molecule has 0 bridgehead atoms. The number of carbonyl (C=O) groups excluding carboxylic acids is 2. The summed E-state index contributed by atoms with van der Waals surface area (Å²) >= 11 is 3.06. The Labute approximate surface area is 122 Å². The van der Waals surface area contributed by atoms with Crippen molar-refractivity contribution in [3.8, 4) is 0 Å². The number of carbonyl (C=O) groups is 2. The van der Waals surface area contributed by atoms with E-state index in [-0.39, 0.29) is 5.57 Å². The van der Waals surface area contributed by atoms with Gasteiger partial charge in [0.2, 0.25) is 0 Å². The van der Waals surface area contributed by atoms with E-state index in [1.165, 1.54) is 23.5 Å². The van der Waals surface area contributed by atoms with Crippen LogP contribution in [0.2, 0.25) is 0 Å². The SMILES string of the molecule is CCCOC(=O)C(C(=O)OCCC)=C1SCC(C)S1. The van der Waals surface area contributed by atoms with Gasteiger partial charge in [-0.2, -0.15) is 0 Å². The molecular weight excluding hydrogens is 284 g/mol. The Morgan fingerprint density at radius 3 is 2.05 bits per heavy atom. The van der Waals surface area contributed by atoms with Crippen LogP contribution in [0.1, 0.15) is 33.6 Å². The van der Waals surface area contributed by atoms with E-state index in [1.54, 1.807) is 0 Å². The van der Waals surface area contributed by atoms with Crippen molar-refractivity contribution in [3.05, 3.63) is 9.81 Å². The van der Waals surface area contributed by atoms with Crippen molar-refractivity contribution in [2.45, 2.75) is 38.9 Å². The maximum absolute atomic E-state index is 12.0. The molecule has 4 nitrogen and oxygen atoms in total. The molecule has 6 heteroatoms. The Morgan fingerprint density at radius 2 is 1.68 bits per heavy atom. The summed E-state index contributed by atoms with van der Waals surface area (Å²) in [6, 6.07) is 0. The molecule has 0 aromatic rings. The van der Waals surface area contributed by atoms with Crippen LogP contribution in [0.5, 0.6) is 0 Å². The number of hydrogen-bond acceptors (Lipinski definition) is 6. The van der Waals surface area contributed by atoms with Gasteiger partial charge in [0.1, 0.15) is 0 Å². The van der Waals surface area contributed by atoms with Gasteiger partial charge < -0.3 is 9.47 Å². The lowest BCUT2D eigenvalue weighted by atomic mass is 10.3. The lowest BCUT2D eigenvalue weighted by Gasteiger charge is -2.10. The first-order valence-electron chi connectivity index (χ1n) is 6.48. The lowest BCUT2D eigenvalue weighted by Crippen LogP contribution is -2.20. The minimum atomic E-state index is -0.563. The molecule has 1 saturated heterocycles. The minimum absolute atomic E-state index is 0.0706. The van der Waals surface area contributed by atoms with Gasteiger partial charge in [-0.25, -0.2) is 9.59 Å². The highest BCUT2D eigenvalue weighted by Crippen LogP contribution is 2.43. The van der Waals surface area contributed by atoms with E-state index in [9.17, 15) is 9.59 Å². The van der Waals surface area contributed by atoms with Gasteiger partial charge in [0.25, 0.3) is 0 Å². The highest BCUT2D eigenvalue weighted by atomic mass is 32.2. The molecule has 1 atom stereocenters. The van der Waals surface area contributed by atoms with Crippen LogP contribution in [0.25, 0.3) is 0 Å². The van der Waals surface area contributed by atoms with Crippen LogP contribution in [-0.2, 0) is 19.1 Å². The summed E-state index contributed by atoms with van der Waals surface area (Å²) in [6.07, 6.45) is 1.46. The normalized spacial score (nSPS) is 18.3. The van der Waals surface area contributed by atoms with E-state index in [0.29, 0.717) is 18.5 Å². The monoisotopic (exact) mass is 304 g/mol. The highest BCUT2D eigenvalue weighted by Gasteiger charge is 2.31. The van der Waals surface area contributed by atoms with Crippen LogP contribution in [0.4, 0.5) is 0 Å². The van der Waals surface area contributed by atoms with Crippen LogP contribution in [0.15, 0.2) is 9.81 Å². The molecule has 1 aliphatic rings. The Morgan fingerprint density at radius 1 is 1.16 bits per heavy atom. The quantitative estimate of drug-likeness (QED) is 0.325. The molecule has 0 amide bonds. The largest absolute Gasteiger partial charge is 0.462 e. The first-order valence-corrected chi connectivity index (χ1v) is 8.34. The molecule has 108 valence electrons. The van der Waals surface area contributed by atoms with Crippen LogP contribution in [0, 0.1) is 0 Å². The number of thioether (sulfide) groups is 2. The average Bonchev–Trinajstić information content (AvgIpc) is 2.80. The standard InChI is InChI=1S/C13H20O4S2/c1-4-6-16-11(14)10(12(15)17-7-5-2)13-18-8-9(3)19-13/h9H,4-8H2,1-3H3. The fourth-order valence-corrected chi connectivity index (χ4v) is 4.15. The predicted octanol–water partition coefficient (Wildman–Crippen LogP) is 2.97. The smallest absolute Gasteiger partial charge is 0.347 e. The van der Waals surface area contributed by atoms with Crippen molar-refractivity contribution < 1.29 is 19.1 Å². The minimum Gasteiger partial charge on any atom is -0.462 e. The summed E-state index contributed by atoms with van der Waals surface area (Å²) in [6.45, 7) is 6.54. The number of rotatable bonds is 6. The molecule has 0 aliphatic carbocycles. The summed E-state index contributed by atoms with van der Waals surface area (Å²) < 4.78 is 10.9.